The maximum absolute atomic E-state index is 11.1. The SMILES string of the molecule is C=C(C)COC(=O)[C@@H](N)C(C)C. The molecular weight excluding hydrogens is 154 g/mol. The molecule has 0 bridgehead atoms. The topological polar surface area (TPSA) is 52.3 Å². The van der Waals surface area contributed by atoms with E-state index in [0.29, 0.717) is 0 Å². The van der Waals surface area contributed by atoms with Crippen LogP contribution in [0.1, 0.15) is 20.8 Å². The zero-order valence-electron chi connectivity index (χ0n) is 7.96. The van der Waals surface area contributed by atoms with Crippen LogP contribution < -0.4 is 5.73 Å². The largest absolute Gasteiger partial charge is 0.460 e. The minimum Gasteiger partial charge on any atom is -0.460 e. The molecule has 0 heterocycles. The van der Waals surface area contributed by atoms with Crippen molar-refractivity contribution in [2.45, 2.75) is 26.8 Å². The smallest absolute Gasteiger partial charge is 0.323 e. The summed E-state index contributed by atoms with van der Waals surface area (Å²) in [5.74, 6) is -0.240. The Labute approximate surface area is 73.6 Å². The Morgan fingerprint density at radius 1 is 1.58 bits per heavy atom. The summed E-state index contributed by atoms with van der Waals surface area (Å²) in [5.41, 5.74) is 6.36. The van der Waals surface area contributed by atoms with Crippen LogP contribution in [0, 0.1) is 5.92 Å². The molecule has 3 heteroatoms. The number of nitrogens with two attached hydrogens (primary N) is 1. The summed E-state index contributed by atoms with van der Waals surface area (Å²) < 4.78 is 4.86. The van der Waals surface area contributed by atoms with Gasteiger partial charge in [0.05, 0.1) is 0 Å². The molecule has 0 saturated heterocycles. The van der Waals surface area contributed by atoms with Gasteiger partial charge in [0.1, 0.15) is 12.6 Å². The van der Waals surface area contributed by atoms with Crippen LogP contribution in [0.15, 0.2) is 12.2 Å². The fourth-order valence-electron chi connectivity index (χ4n) is 0.563. The molecule has 0 radical (unpaired) electrons. The summed E-state index contributed by atoms with van der Waals surface area (Å²) in [6.07, 6.45) is 0. The Kier molecular flexibility index (Phi) is 4.59. The van der Waals surface area contributed by atoms with Gasteiger partial charge >= 0.3 is 5.97 Å². The van der Waals surface area contributed by atoms with Crippen molar-refractivity contribution in [3.8, 4) is 0 Å². The zero-order chi connectivity index (χ0) is 9.72. The van der Waals surface area contributed by atoms with Crippen molar-refractivity contribution < 1.29 is 9.53 Å². The highest BCUT2D eigenvalue weighted by molar-refractivity contribution is 5.75. The van der Waals surface area contributed by atoms with Gasteiger partial charge in [-0.15, -0.1) is 0 Å². The van der Waals surface area contributed by atoms with Crippen LogP contribution in [0.25, 0.3) is 0 Å². The van der Waals surface area contributed by atoms with E-state index in [1.165, 1.54) is 0 Å². The third-order valence-electron chi connectivity index (χ3n) is 1.45. The Morgan fingerprint density at radius 2 is 2.08 bits per heavy atom. The van der Waals surface area contributed by atoms with Crippen LogP contribution in [0.3, 0.4) is 0 Å². The van der Waals surface area contributed by atoms with Crippen LogP contribution in [0.5, 0.6) is 0 Å². The third kappa shape index (κ3) is 4.13. The van der Waals surface area contributed by atoms with E-state index in [2.05, 4.69) is 6.58 Å². The molecule has 0 aliphatic rings. The first-order chi connectivity index (χ1) is 5.45. The van der Waals surface area contributed by atoms with Crippen molar-refractivity contribution in [2.24, 2.45) is 11.7 Å². The second-order valence-electron chi connectivity index (χ2n) is 3.33. The van der Waals surface area contributed by atoms with Gasteiger partial charge in [0.25, 0.3) is 0 Å². The molecule has 12 heavy (non-hydrogen) atoms. The average molecular weight is 171 g/mol. The molecule has 2 N–H and O–H groups in total. The van der Waals surface area contributed by atoms with Gasteiger partial charge in [0.2, 0.25) is 0 Å². The molecular formula is C9H17NO2. The van der Waals surface area contributed by atoms with Crippen LogP contribution in [-0.4, -0.2) is 18.6 Å². The molecule has 0 spiro atoms. The molecule has 0 aromatic rings. The molecule has 0 aliphatic carbocycles. The fraction of sp³-hybridized carbons (Fsp3) is 0.667. The summed E-state index contributed by atoms with van der Waals surface area (Å²) in [7, 11) is 0. The fourth-order valence-corrected chi connectivity index (χ4v) is 0.563. The average Bonchev–Trinajstić information content (AvgIpc) is 1.98. The number of hydrogen-bond donors (Lipinski definition) is 1. The van der Waals surface area contributed by atoms with Gasteiger partial charge in [-0.25, -0.2) is 0 Å². The lowest BCUT2D eigenvalue weighted by atomic mass is 10.1. The molecule has 0 saturated carbocycles. The first-order valence-corrected chi connectivity index (χ1v) is 4.01. The zero-order valence-corrected chi connectivity index (χ0v) is 7.96. The van der Waals surface area contributed by atoms with Crippen LogP contribution >= 0.6 is 0 Å². The number of rotatable bonds is 4. The predicted octanol–water partition coefficient (Wildman–Crippen LogP) is 1.09. The van der Waals surface area contributed by atoms with Gasteiger partial charge in [-0.1, -0.05) is 20.4 Å². The Balaban J connectivity index is 3.80. The van der Waals surface area contributed by atoms with Gasteiger partial charge < -0.3 is 10.5 Å². The molecule has 0 fully saturated rings. The standard InChI is InChI=1S/C9H17NO2/c1-6(2)5-12-9(11)8(10)7(3)4/h7-8H,1,5,10H2,2-4H3/t8-/m0/s1. The summed E-state index contributed by atoms with van der Waals surface area (Å²) in [6, 6.07) is -0.524. The summed E-state index contributed by atoms with van der Waals surface area (Å²) in [6.45, 7) is 9.44. The van der Waals surface area contributed by atoms with Crippen molar-refractivity contribution in [2.75, 3.05) is 6.61 Å². The van der Waals surface area contributed by atoms with Crippen molar-refractivity contribution >= 4 is 5.97 Å². The van der Waals surface area contributed by atoms with E-state index in [-0.39, 0.29) is 18.5 Å². The number of esters is 1. The maximum Gasteiger partial charge on any atom is 0.323 e. The Hall–Kier alpha value is -0.830. The number of hydrogen-bond acceptors (Lipinski definition) is 3. The predicted molar refractivity (Wildman–Crippen MR) is 48.6 cm³/mol. The lowest BCUT2D eigenvalue weighted by molar-refractivity contribution is -0.145. The quantitative estimate of drug-likeness (QED) is 0.509. The molecule has 0 unspecified atom stereocenters. The van der Waals surface area contributed by atoms with Crippen molar-refractivity contribution in [1.29, 1.82) is 0 Å². The summed E-state index contributed by atoms with van der Waals surface area (Å²) >= 11 is 0. The molecule has 0 aromatic carbocycles. The number of ether oxygens (including phenoxy) is 1. The molecule has 3 nitrogen and oxygen atoms in total. The molecule has 1 atom stereocenters. The first kappa shape index (κ1) is 11.2. The second kappa shape index (κ2) is 4.93. The van der Waals surface area contributed by atoms with E-state index in [4.69, 9.17) is 10.5 Å². The lowest BCUT2D eigenvalue weighted by Crippen LogP contribution is -2.37. The maximum atomic E-state index is 11.1. The van der Waals surface area contributed by atoms with E-state index in [0.717, 1.165) is 5.57 Å². The van der Waals surface area contributed by atoms with Crippen molar-refractivity contribution in [1.82, 2.24) is 0 Å². The van der Waals surface area contributed by atoms with E-state index in [9.17, 15) is 4.79 Å². The van der Waals surface area contributed by atoms with Gasteiger partial charge in [-0.2, -0.15) is 0 Å². The van der Waals surface area contributed by atoms with Crippen LogP contribution in [-0.2, 0) is 9.53 Å². The highest BCUT2D eigenvalue weighted by atomic mass is 16.5. The number of carbonyl (C=O) groups excluding carboxylic acids is 1. The normalized spacial score (nSPS) is 12.8. The molecule has 70 valence electrons. The first-order valence-electron chi connectivity index (χ1n) is 4.01. The lowest BCUT2D eigenvalue weighted by Gasteiger charge is -2.14. The summed E-state index contributed by atoms with van der Waals surface area (Å²) in [4.78, 5) is 11.1. The van der Waals surface area contributed by atoms with E-state index >= 15 is 0 Å². The molecule has 0 amide bonds. The summed E-state index contributed by atoms with van der Waals surface area (Å²) in [5, 5.41) is 0. The van der Waals surface area contributed by atoms with Gasteiger partial charge in [0, 0.05) is 0 Å². The minimum absolute atomic E-state index is 0.114. The van der Waals surface area contributed by atoms with Gasteiger partial charge in [-0.05, 0) is 18.4 Å². The highest BCUT2D eigenvalue weighted by Crippen LogP contribution is 2.01. The molecule has 0 aliphatic heterocycles. The Morgan fingerprint density at radius 3 is 2.42 bits per heavy atom. The minimum atomic E-state index is -0.524. The second-order valence-corrected chi connectivity index (χ2v) is 3.33. The third-order valence-corrected chi connectivity index (χ3v) is 1.45. The van der Waals surface area contributed by atoms with Crippen molar-refractivity contribution in [3.05, 3.63) is 12.2 Å². The highest BCUT2D eigenvalue weighted by Gasteiger charge is 2.18. The number of carbonyl (C=O) groups is 1. The van der Waals surface area contributed by atoms with E-state index in [1.54, 1.807) is 6.92 Å². The van der Waals surface area contributed by atoms with Crippen molar-refractivity contribution in [3.63, 3.8) is 0 Å². The monoisotopic (exact) mass is 171 g/mol. The van der Waals surface area contributed by atoms with Crippen LogP contribution in [0.4, 0.5) is 0 Å². The Bertz CT molecular complexity index is 175. The van der Waals surface area contributed by atoms with Crippen LogP contribution in [0.2, 0.25) is 0 Å². The molecule has 0 aromatic heterocycles. The van der Waals surface area contributed by atoms with E-state index in [1.807, 2.05) is 13.8 Å². The van der Waals surface area contributed by atoms with E-state index < -0.39 is 6.04 Å². The van der Waals surface area contributed by atoms with Gasteiger partial charge in [0.15, 0.2) is 0 Å². The molecule has 0 rings (SSSR count). The van der Waals surface area contributed by atoms with Gasteiger partial charge in [-0.3, -0.25) is 4.79 Å².